The van der Waals surface area contributed by atoms with Gasteiger partial charge in [0.1, 0.15) is 0 Å². The van der Waals surface area contributed by atoms with Crippen LogP contribution in [0.5, 0.6) is 0 Å². The third kappa shape index (κ3) is 5.05. The molecule has 1 saturated heterocycles. The molecule has 2 aromatic rings. The number of nitrogens with one attached hydrogen (secondary N) is 2. The summed E-state index contributed by atoms with van der Waals surface area (Å²) in [4.78, 5) is 37.3. The Labute approximate surface area is 178 Å². The van der Waals surface area contributed by atoms with E-state index in [4.69, 9.17) is 16.3 Å². The first-order valence-corrected chi connectivity index (χ1v) is 9.78. The fourth-order valence-electron chi connectivity index (χ4n) is 3.04. The third-order valence-corrected chi connectivity index (χ3v) is 4.94. The molecule has 1 aliphatic rings. The van der Waals surface area contributed by atoms with Gasteiger partial charge in [0.05, 0.1) is 40.1 Å². The quantitative estimate of drug-likeness (QED) is 0.531. The van der Waals surface area contributed by atoms with Gasteiger partial charge in [-0.05, 0) is 24.3 Å². The Kier molecular flexibility index (Phi) is 6.86. The predicted octanol–water partition coefficient (Wildman–Crippen LogP) is 3.69. The highest BCUT2D eigenvalue weighted by molar-refractivity contribution is 6.34. The van der Waals surface area contributed by atoms with Gasteiger partial charge in [0.15, 0.2) is 0 Å². The second-order valence-electron chi connectivity index (χ2n) is 6.61. The molecule has 158 valence electrons. The van der Waals surface area contributed by atoms with Gasteiger partial charge in [-0.2, -0.15) is 0 Å². The van der Waals surface area contributed by atoms with Gasteiger partial charge in [-0.25, -0.2) is 0 Å². The highest BCUT2D eigenvalue weighted by Gasteiger charge is 2.22. The number of carbonyl (C=O) groups excluding carboxylic acids is 2. The van der Waals surface area contributed by atoms with E-state index in [-0.39, 0.29) is 27.9 Å². The molecule has 0 atom stereocenters. The van der Waals surface area contributed by atoms with Gasteiger partial charge in [0.2, 0.25) is 5.91 Å². The minimum atomic E-state index is -0.548. The molecule has 2 amide bonds. The van der Waals surface area contributed by atoms with Crippen molar-refractivity contribution >= 4 is 46.2 Å². The molecule has 0 saturated carbocycles. The van der Waals surface area contributed by atoms with Crippen LogP contribution in [0.4, 0.5) is 22.7 Å². The van der Waals surface area contributed by atoms with Gasteiger partial charge >= 0.3 is 0 Å². The summed E-state index contributed by atoms with van der Waals surface area (Å²) in [5.41, 5.74) is 1.31. The number of anilines is 3. The molecule has 2 N–H and O–H groups in total. The minimum Gasteiger partial charge on any atom is -0.378 e. The maximum atomic E-state index is 13.1. The van der Waals surface area contributed by atoms with Gasteiger partial charge in [-0.15, -0.1) is 0 Å². The van der Waals surface area contributed by atoms with Gasteiger partial charge < -0.3 is 20.3 Å². The Morgan fingerprint density at radius 2 is 1.90 bits per heavy atom. The number of nitro groups is 1. The van der Waals surface area contributed by atoms with Crippen LogP contribution in [-0.4, -0.2) is 43.0 Å². The normalized spacial score (nSPS) is 13.6. The number of morpholine rings is 1. The predicted molar refractivity (Wildman–Crippen MR) is 114 cm³/mol. The fourth-order valence-corrected chi connectivity index (χ4v) is 3.20. The van der Waals surface area contributed by atoms with Crippen molar-refractivity contribution < 1.29 is 19.2 Å². The average molecular weight is 433 g/mol. The molecule has 0 radical (unpaired) electrons. The largest absolute Gasteiger partial charge is 0.378 e. The highest BCUT2D eigenvalue weighted by atomic mass is 35.5. The van der Waals surface area contributed by atoms with Crippen molar-refractivity contribution in [1.82, 2.24) is 0 Å². The maximum absolute atomic E-state index is 13.1. The van der Waals surface area contributed by atoms with Gasteiger partial charge in [0, 0.05) is 37.3 Å². The monoisotopic (exact) mass is 432 g/mol. The standard InChI is InChI=1S/C20H21ClN4O5/c1-2-19(26)22-13-3-5-16(21)17(11-13)23-20(27)15-12-14(25(28)29)4-6-18(15)24-7-9-30-10-8-24/h3-6,11-12H,2,7-10H2,1H3,(H,22,26)(H,23,27). The van der Waals surface area contributed by atoms with E-state index in [1.54, 1.807) is 31.2 Å². The summed E-state index contributed by atoms with van der Waals surface area (Å²) < 4.78 is 5.35. The number of rotatable bonds is 6. The summed E-state index contributed by atoms with van der Waals surface area (Å²) in [5, 5.41) is 16.9. The summed E-state index contributed by atoms with van der Waals surface area (Å²) in [7, 11) is 0. The van der Waals surface area contributed by atoms with Crippen LogP contribution in [0.1, 0.15) is 23.7 Å². The van der Waals surface area contributed by atoms with Crippen molar-refractivity contribution in [2.24, 2.45) is 0 Å². The zero-order valence-electron chi connectivity index (χ0n) is 16.3. The second-order valence-corrected chi connectivity index (χ2v) is 7.02. The van der Waals surface area contributed by atoms with E-state index in [1.807, 2.05) is 4.90 Å². The summed E-state index contributed by atoms with van der Waals surface area (Å²) >= 11 is 6.21. The Balaban J connectivity index is 1.92. The van der Waals surface area contributed by atoms with E-state index in [0.29, 0.717) is 44.1 Å². The molecule has 3 rings (SSSR count). The van der Waals surface area contributed by atoms with Crippen LogP contribution in [0.2, 0.25) is 5.02 Å². The number of amides is 2. The van der Waals surface area contributed by atoms with Crippen molar-refractivity contribution in [3.8, 4) is 0 Å². The molecule has 9 nitrogen and oxygen atoms in total. The number of nitrogens with zero attached hydrogens (tertiary/aromatic N) is 2. The summed E-state index contributed by atoms with van der Waals surface area (Å²) in [6.45, 7) is 3.87. The van der Waals surface area contributed by atoms with Crippen molar-refractivity contribution in [2.45, 2.75) is 13.3 Å². The molecule has 0 unspecified atom stereocenters. The first-order valence-electron chi connectivity index (χ1n) is 9.41. The lowest BCUT2D eigenvalue weighted by molar-refractivity contribution is -0.384. The minimum absolute atomic E-state index is 0.158. The summed E-state index contributed by atoms with van der Waals surface area (Å²) in [6.07, 6.45) is 0.306. The Morgan fingerprint density at radius 3 is 2.57 bits per heavy atom. The van der Waals surface area contributed by atoms with Crippen LogP contribution in [0, 0.1) is 10.1 Å². The van der Waals surface area contributed by atoms with E-state index < -0.39 is 10.8 Å². The number of benzene rings is 2. The maximum Gasteiger partial charge on any atom is 0.270 e. The topological polar surface area (TPSA) is 114 Å². The molecule has 0 spiro atoms. The average Bonchev–Trinajstić information content (AvgIpc) is 2.76. The second kappa shape index (κ2) is 9.55. The lowest BCUT2D eigenvalue weighted by Crippen LogP contribution is -2.37. The number of ether oxygens (including phenoxy) is 1. The Morgan fingerprint density at radius 1 is 1.17 bits per heavy atom. The molecule has 10 heteroatoms. The van der Waals surface area contributed by atoms with Crippen LogP contribution in [0.15, 0.2) is 36.4 Å². The van der Waals surface area contributed by atoms with Crippen molar-refractivity contribution in [3.05, 3.63) is 57.1 Å². The lowest BCUT2D eigenvalue weighted by atomic mass is 10.1. The van der Waals surface area contributed by atoms with Crippen LogP contribution in [-0.2, 0) is 9.53 Å². The molecular formula is C20H21ClN4O5. The van der Waals surface area contributed by atoms with E-state index in [2.05, 4.69) is 10.6 Å². The van der Waals surface area contributed by atoms with E-state index in [0.717, 1.165) is 0 Å². The van der Waals surface area contributed by atoms with Crippen molar-refractivity contribution in [3.63, 3.8) is 0 Å². The number of nitro benzene ring substituents is 1. The summed E-state index contributed by atoms with van der Waals surface area (Å²) in [5.74, 6) is -0.719. The van der Waals surface area contributed by atoms with Crippen molar-refractivity contribution in [2.75, 3.05) is 41.8 Å². The van der Waals surface area contributed by atoms with E-state index in [9.17, 15) is 19.7 Å². The Bertz CT molecular complexity index is 976. The number of carbonyl (C=O) groups is 2. The van der Waals surface area contributed by atoms with Gasteiger partial charge in [-0.1, -0.05) is 18.5 Å². The van der Waals surface area contributed by atoms with Gasteiger partial charge in [0.25, 0.3) is 11.6 Å². The molecule has 0 bridgehead atoms. The zero-order valence-corrected chi connectivity index (χ0v) is 17.1. The van der Waals surface area contributed by atoms with Crippen LogP contribution in [0.25, 0.3) is 0 Å². The number of non-ortho nitro benzene ring substituents is 1. The fraction of sp³-hybridized carbons (Fsp3) is 0.300. The van der Waals surface area contributed by atoms with Gasteiger partial charge in [-0.3, -0.25) is 19.7 Å². The number of halogens is 1. The first-order chi connectivity index (χ1) is 14.4. The smallest absolute Gasteiger partial charge is 0.270 e. The molecule has 0 aromatic heterocycles. The molecule has 0 aliphatic carbocycles. The van der Waals surface area contributed by atoms with Crippen LogP contribution < -0.4 is 15.5 Å². The molecule has 30 heavy (non-hydrogen) atoms. The lowest BCUT2D eigenvalue weighted by Gasteiger charge is -2.30. The number of hydrogen-bond donors (Lipinski definition) is 2. The third-order valence-electron chi connectivity index (χ3n) is 4.61. The number of hydrogen-bond acceptors (Lipinski definition) is 6. The molecule has 1 heterocycles. The molecule has 1 aliphatic heterocycles. The van der Waals surface area contributed by atoms with Crippen LogP contribution >= 0.6 is 11.6 Å². The highest BCUT2D eigenvalue weighted by Crippen LogP contribution is 2.30. The molecule has 1 fully saturated rings. The van der Waals surface area contributed by atoms with Crippen molar-refractivity contribution in [1.29, 1.82) is 0 Å². The Hall–Kier alpha value is -3.17. The zero-order chi connectivity index (χ0) is 21.7. The van der Waals surface area contributed by atoms with Crippen LogP contribution in [0.3, 0.4) is 0 Å². The van der Waals surface area contributed by atoms with E-state index in [1.165, 1.54) is 12.1 Å². The molecule has 2 aromatic carbocycles. The molecular weight excluding hydrogens is 412 g/mol. The SMILES string of the molecule is CCC(=O)Nc1ccc(Cl)c(NC(=O)c2cc([N+](=O)[O-])ccc2N2CCOCC2)c1. The van der Waals surface area contributed by atoms with E-state index >= 15 is 0 Å². The first kappa shape index (κ1) is 21.5. The summed E-state index contributed by atoms with van der Waals surface area (Å²) in [6, 6.07) is 8.90.